The maximum atomic E-state index is 12.6. The van der Waals surface area contributed by atoms with Crippen molar-refractivity contribution in [3.05, 3.63) is 42.1 Å². The third-order valence-corrected chi connectivity index (χ3v) is 4.53. The van der Waals surface area contributed by atoms with E-state index in [0.717, 1.165) is 41.1 Å². The summed E-state index contributed by atoms with van der Waals surface area (Å²) in [6.45, 7) is 0. The van der Waals surface area contributed by atoms with E-state index in [2.05, 4.69) is 4.98 Å². The van der Waals surface area contributed by atoms with Crippen LogP contribution in [0, 0.1) is 17.8 Å². The summed E-state index contributed by atoms with van der Waals surface area (Å²) in [5.74, 6) is 2.31. The van der Waals surface area contributed by atoms with Crippen LogP contribution in [0.2, 0.25) is 0 Å². The van der Waals surface area contributed by atoms with Gasteiger partial charge in [-0.2, -0.15) is 0 Å². The van der Waals surface area contributed by atoms with Gasteiger partial charge in [0.05, 0.1) is 5.52 Å². The number of rotatable bonds is 2. The van der Waals surface area contributed by atoms with Gasteiger partial charge in [-0.05, 0) is 43.2 Å². The fourth-order valence-corrected chi connectivity index (χ4v) is 3.47. The first kappa shape index (κ1) is 10.2. The molecule has 0 bridgehead atoms. The SMILES string of the molecule is O=C(c1cccc2ncccc12)C1CC2CC2C1. The smallest absolute Gasteiger partial charge is 0.166 e. The molecule has 2 aliphatic carbocycles. The molecule has 4 rings (SSSR count). The van der Waals surface area contributed by atoms with Crippen LogP contribution in [0.25, 0.3) is 10.9 Å². The lowest BCUT2D eigenvalue weighted by Gasteiger charge is -2.12. The highest BCUT2D eigenvalue weighted by Crippen LogP contribution is 2.55. The molecule has 2 aliphatic rings. The summed E-state index contributed by atoms with van der Waals surface area (Å²) in [4.78, 5) is 16.9. The van der Waals surface area contributed by atoms with E-state index in [1.54, 1.807) is 6.20 Å². The summed E-state index contributed by atoms with van der Waals surface area (Å²) in [5.41, 5.74) is 1.79. The van der Waals surface area contributed by atoms with Gasteiger partial charge in [0.15, 0.2) is 5.78 Å². The minimum Gasteiger partial charge on any atom is -0.294 e. The maximum absolute atomic E-state index is 12.6. The average Bonchev–Trinajstić information content (AvgIpc) is 3.04. The van der Waals surface area contributed by atoms with Crippen LogP contribution in [-0.2, 0) is 0 Å². The summed E-state index contributed by atoms with van der Waals surface area (Å²) in [6, 6.07) is 9.78. The molecule has 2 nitrogen and oxygen atoms in total. The molecule has 0 N–H and O–H groups in total. The molecule has 1 heterocycles. The summed E-state index contributed by atoms with van der Waals surface area (Å²) in [7, 11) is 0. The van der Waals surface area contributed by atoms with Gasteiger partial charge in [0.2, 0.25) is 0 Å². The molecule has 0 spiro atoms. The van der Waals surface area contributed by atoms with Crippen LogP contribution in [-0.4, -0.2) is 10.8 Å². The molecule has 0 amide bonds. The average molecular weight is 237 g/mol. The fraction of sp³-hybridized carbons (Fsp3) is 0.375. The van der Waals surface area contributed by atoms with E-state index in [1.807, 2.05) is 30.3 Å². The Morgan fingerprint density at radius 3 is 2.72 bits per heavy atom. The normalized spacial score (nSPS) is 29.2. The number of pyridine rings is 1. The summed E-state index contributed by atoms with van der Waals surface area (Å²) in [5, 5.41) is 1.01. The molecule has 2 unspecified atom stereocenters. The van der Waals surface area contributed by atoms with Gasteiger partial charge >= 0.3 is 0 Å². The van der Waals surface area contributed by atoms with Crippen LogP contribution in [0.15, 0.2) is 36.5 Å². The van der Waals surface area contributed by atoms with Crippen LogP contribution in [0.3, 0.4) is 0 Å². The molecular weight excluding hydrogens is 222 g/mol. The Morgan fingerprint density at radius 1 is 1.06 bits per heavy atom. The van der Waals surface area contributed by atoms with E-state index in [4.69, 9.17) is 0 Å². The van der Waals surface area contributed by atoms with Crippen LogP contribution in [0.1, 0.15) is 29.6 Å². The van der Waals surface area contributed by atoms with Crippen LogP contribution in [0.5, 0.6) is 0 Å². The third-order valence-electron chi connectivity index (χ3n) is 4.53. The van der Waals surface area contributed by atoms with Gasteiger partial charge in [0, 0.05) is 23.1 Å². The summed E-state index contributed by atoms with van der Waals surface area (Å²) in [6.07, 6.45) is 5.36. The van der Waals surface area contributed by atoms with Crippen molar-refractivity contribution in [2.45, 2.75) is 19.3 Å². The first-order valence-electron chi connectivity index (χ1n) is 6.71. The minimum atomic E-state index is 0.263. The molecule has 2 fully saturated rings. The number of ketones is 1. The Balaban J connectivity index is 1.75. The maximum Gasteiger partial charge on any atom is 0.166 e. The van der Waals surface area contributed by atoms with E-state index in [-0.39, 0.29) is 5.92 Å². The van der Waals surface area contributed by atoms with Crippen molar-refractivity contribution in [1.29, 1.82) is 0 Å². The Bertz CT molecular complexity index is 619. The number of fused-ring (bicyclic) bond motifs is 2. The van der Waals surface area contributed by atoms with Gasteiger partial charge in [0.25, 0.3) is 0 Å². The predicted molar refractivity (Wildman–Crippen MR) is 70.4 cm³/mol. The van der Waals surface area contributed by atoms with Crippen molar-refractivity contribution in [2.75, 3.05) is 0 Å². The van der Waals surface area contributed by atoms with Gasteiger partial charge < -0.3 is 0 Å². The third kappa shape index (κ3) is 1.48. The second-order valence-corrected chi connectivity index (χ2v) is 5.66. The van der Waals surface area contributed by atoms with E-state index < -0.39 is 0 Å². The Hall–Kier alpha value is -1.70. The lowest BCUT2D eigenvalue weighted by molar-refractivity contribution is 0.0916. The molecule has 2 heteroatoms. The topological polar surface area (TPSA) is 30.0 Å². The largest absolute Gasteiger partial charge is 0.294 e. The Labute approximate surface area is 106 Å². The van der Waals surface area contributed by atoms with Gasteiger partial charge in [0.1, 0.15) is 0 Å². The van der Waals surface area contributed by atoms with Crippen molar-refractivity contribution in [1.82, 2.24) is 4.98 Å². The van der Waals surface area contributed by atoms with Gasteiger partial charge in [-0.15, -0.1) is 0 Å². The zero-order chi connectivity index (χ0) is 12.1. The van der Waals surface area contributed by atoms with Crippen molar-refractivity contribution < 1.29 is 4.79 Å². The van der Waals surface area contributed by atoms with E-state index in [0.29, 0.717) is 5.78 Å². The molecule has 18 heavy (non-hydrogen) atoms. The van der Waals surface area contributed by atoms with Crippen molar-refractivity contribution in [3.8, 4) is 0 Å². The molecule has 2 aromatic rings. The van der Waals surface area contributed by atoms with Crippen LogP contribution < -0.4 is 0 Å². The lowest BCUT2D eigenvalue weighted by Crippen LogP contribution is -2.13. The minimum absolute atomic E-state index is 0.263. The van der Waals surface area contributed by atoms with Crippen molar-refractivity contribution in [2.24, 2.45) is 17.8 Å². The highest BCUT2D eigenvalue weighted by atomic mass is 16.1. The van der Waals surface area contributed by atoms with Crippen molar-refractivity contribution in [3.63, 3.8) is 0 Å². The first-order chi connectivity index (χ1) is 8.83. The van der Waals surface area contributed by atoms with Gasteiger partial charge in [-0.25, -0.2) is 0 Å². The summed E-state index contributed by atoms with van der Waals surface area (Å²) >= 11 is 0. The van der Waals surface area contributed by atoms with Crippen LogP contribution >= 0.6 is 0 Å². The zero-order valence-corrected chi connectivity index (χ0v) is 10.2. The number of nitrogens with zero attached hydrogens (tertiary/aromatic N) is 1. The molecule has 0 radical (unpaired) electrons. The number of hydrogen-bond donors (Lipinski definition) is 0. The number of hydrogen-bond acceptors (Lipinski definition) is 2. The molecule has 0 saturated heterocycles. The first-order valence-corrected chi connectivity index (χ1v) is 6.71. The molecular formula is C16H15NO. The molecule has 90 valence electrons. The number of carbonyl (C=O) groups excluding carboxylic acids is 1. The van der Waals surface area contributed by atoms with E-state index >= 15 is 0 Å². The highest BCUT2D eigenvalue weighted by Gasteiger charge is 2.48. The second-order valence-electron chi connectivity index (χ2n) is 5.66. The molecule has 1 aromatic carbocycles. The quantitative estimate of drug-likeness (QED) is 0.749. The van der Waals surface area contributed by atoms with Gasteiger partial charge in [-0.1, -0.05) is 18.2 Å². The number of aromatic nitrogens is 1. The molecule has 2 saturated carbocycles. The zero-order valence-electron chi connectivity index (χ0n) is 10.2. The Morgan fingerprint density at radius 2 is 1.89 bits per heavy atom. The van der Waals surface area contributed by atoms with E-state index in [1.165, 1.54) is 6.42 Å². The highest BCUT2D eigenvalue weighted by molar-refractivity contribution is 6.08. The molecule has 2 atom stereocenters. The molecule has 0 aliphatic heterocycles. The number of benzene rings is 1. The Kier molecular flexibility index (Phi) is 2.07. The van der Waals surface area contributed by atoms with Crippen molar-refractivity contribution >= 4 is 16.7 Å². The van der Waals surface area contributed by atoms with Crippen LogP contribution in [0.4, 0.5) is 0 Å². The second kappa shape index (κ2) is 3.64. The van der Waals surface area contributed by atoms with Gasteiger partial charge in [-0.3, -0.25) is 9.78 Å². The summed E-state index contributed by atoms with van der Waals surface area (Å²) < 4.78 is 0. The lowest BCUT2D eigenvalue weighted by atomic mass is 9.91. The van der Waals surface area contributed by atoms with E-state index in [9.17, 15) is 4.79 Å². The molecule has 1 aromatic heterocycles. The standard InChI is InChI=1S/C16H15NO/c18-16(12-8-10-7-11(10)9-12)14-3-1-5-15-13(14)4-2-6-17-15/h1-6,10-12H,7-9H2. The monoisotopic (exact) mass is 237 g/mol. The number of Topliss-reactive ketones (excluding diaryl/α,β-unsaturated/α-hetero) is 1. The predicted octanol–water partition coefficient (Wildman–Crippen LogP) is 3.46. The number of carbonyl (C=O) groups is 1. The fourth-order valence-electron chi connectivity index (χ4n) is 3.47.